The lowest BCUT2D eigenvalue weighted by Crippen LogP contribution is -2.11. The van der Waals surface area contributed by atoms with E-state index in [1.807, 2.05) is 25.1 Å². The fourth-order valence-electron chi connectivity index (χ4n) is 1.62. The molecule has 0 fully saturated rings. The number of methoxy groups -OCH3 is 1. The molecule has 19 heavy (non-hydrogen) atoms. The summed E-state index contributed by atoms with van der Waals surface area (Å²) < 4.78 is 6.20. The van der Waals surface area contributed by atoms with E-state index in [9.17, 15) is 0 Å². The van der Waals surface area contributed by atoms with Crippen LogP contribution in [0.3, 0.4) is 0 Å². The number of ether oxygens (including phenoxy) is 1. The number of nitrogen functional groups attached to an aromatic ring is 1. The molecule has 0 bridgehead atoms. The summed E-state index contributed by atoms with van der Waals surface area (Å²) in [6.45, 7) is 2.02. The quantitative estimate of drug-likeness (QED) is 0.592. The Hall–Kier alpha value is -1.86. The lowest BCUT2D eigenvalue weighted by Gasteiger charge is -2.13. The van der Waals surface area contributed by atoms with E-state index in [-0.39, 0.29) is 0 Å². The number of nitrogens with zero attached hydrogens (tertiary/aromatic N) is 2. The van der Waals surface area contributed by atoms with Gasteiger partial charge in [0.25, 0.3) is 0 Å². The van der Waals surface area contributed by atoms with Gasteiger partial charge in [-0.1, -0.05) is 6.07 Å². The first-order chi connectivity index (χ1) is 9.15. The zero-order chi connectivity index (χ0) is 13.8. The van der Waals surface area contributed by atoms with E-state index in [4.69, 9.17) is 10.6 Å². The molecule has 1 heterocycles. The first kappa shape index (κ1) is 13.6. The highest BCUT2D eigenvalue weighted by atomic mass is 79.9. The Balaban J connectivity index is 2.40. The van der Waals surface area contributed by atoms with Gasteiger partial charge in [-0.05, 0) is 40.5 Å². The molecule has 100 valence electrons. The molecule has 0 spiro atoms. The molecule has 0 saturated heterocycles. The van der Waals surface area contributed by atoms with E-state index in [0.29, 0.717) is 17.4 Å². The number of hydrogen-bond acceptors (Lipinski definition) is 6. The Morgan fingerprint density at radius 3 is 2.68 bits per heavy atom. The highest BCUT2D eigenvalue weighted by Crippen LogP contribution is 2.33. The third kappa shape index (κ3) is 2.94. The van der Waals surface area contributed by atoms with Crippen molar-refractivity contribution in [3.8, 4) is 5.75 Å². The van der Waals surface area contributed by atoms with E-state index in [1.165, 1.54) is 13.4 Å². The summed E-state index contributed by atoms with van der Waals surface area (Å²) in [6.07, 6.45) is 1.41. The number of hydrazine groups is 1. The van der Waals surface area contributed by atoms with Gasteiger partial charge in [0.2, 0.25) is 5.75 Å². The molecule has 0 aliphatic rings. The fourth-order valence-corrected chi connectivity index (χ4v) is 1.97. The van der Waals surface area contributed by atoms with Gasteiger partial charge in [0, 0.05) is 4.47 Å². The molecule has 1 aromatic carbocycles. The Labute approximate surface area is 119 Å². The van der Waals surface area contributed by atoms with E-state index >= 15 is 0 Å². The van der Waals surface area contributed by atoms with Crippen molar-refractivity contribution in [3.63, 3.8) is 0 Å². The van der Waals surface area contributed by atoms with E-state index in [2.05, 4.69) is 36.6 Å². The van der Waals surface area contributed by atoms with Crippen molar-refractivity contribution >= 4 is 33.3 Å². The van der Waals surface area contributed by atoms with Crippen molar-refractivity contribution in [2.24, 2.45) is 5.84 Å². The van der Waals surface area contributed by atoms with Crippen LogP contribution >= 0.6 is 15.9 Å². The van der Waals surface area contributed by atoms with Gasteiger partial charge in [-0.2, -0.15) is 0 Å². The summed E-state index contributed by atoms with van der Waals surface area (Å²) in [5, 5.41) is 3.19. The second-order valence-electron chi connectivity index (χ2n) is 3.86. The molecule has 0 atom stereocenters. The van der Waals surface area contributed by atoms with E-state index < -0.39 is 0 Å². The lowest BCUT2D eigenvalue weighted by atomic mass is 10.2. The SMILES string of the molecule is COc1c(NN)ncnc1Nc1cc(C)ccc1Br. The van der Waals surface area contributed by atoms with Crippen LogP contribution in [0.5, 0.6) is 5.75 Å². The number of aryl methyl sites for hydroxylation is 1. The van der Waals surface area contributed by atoms with Crippen molar-refractivity contribution < 1.29 is 4.74 Å². The average molecular weight is 324 g/mol. The summed E-state index contributed by atoms with van der Waals surface area (Å²) in [5.74, 6) is 6.80. The Morgan fingerprint density at radius 2 is 2.00 bits per heavy atom. The highest BCUT2D eigenvalue weighted by Gasteiger charge is 2.12. The third-order valence-corrected chi connectivity index (χ3v) is 3.21. The molecule has 0 aliphatic carbocycles. The van der Waals surface area contributed by atoms with E-state index in [0.717, 1.165) is 15.7 Å². The van der Waals surface area contributed by atoms with Crippen molar-refractivity contribution in [2.45, 2.75) is 6.92 Å². The van der Waals surface area contributed by atoms with Crippen LogP contribution < -0.4 is 21.3 Å². The molecule has 2 aromatic rings. The Morgan fingerprint density at radius 1 is 1.26 bits per heavy atom. The minimum atomic E-state index is 0.420. The number of anilines is 3. The first-order valence-electron chi connectivity index (χ1n) is 5.54. The van der Waals surface area contributed by atoms with Crippen molar-refractivity contribution in [1.82, 2.24) is 9.97 Å². The Kier molecular flexibility index (Phi) is 4.18. The number of rotatable bonds is 4. The molecule has 1 aromatic heterocycles. The Bertz CT molecular complexity index is 590. The smallest absolute Gasteiger partial charge is 0.205 e. The molecule has 7 heteroatoms. The predicted octanol–water partition coefficient (Wildman–Crippen LogP) is 2.59. The average Bonchev–Trinajstić information content (AvgIpc) is 2.42. The predicted molar refractivity (Wildman–Crippen MR) is 78.6 cm³/mol. The van der Waals surface area contributed by atoms with Gasteiger partial charge in [-0.15, -0.1) is 0 Å². The number of nitrogens with one attached hydrogen (secondary N) is 2. The zero-order valence-corrected chi connectivity index (χ0v) is 12.2. The van der Waals surface area contributed by atoms with Crippen molar-refractivity contribution in [3.05, 3.63) is 34.6 Å². The molecule has 0 radical (unpaired) electrons. The third-order valence-electron chi connectivity index (χ3n) is 2.52. The van der Waals surface area contributed by atoms with Gasteiger partial charge in [0.05, 0.1) is 12.8 Å². The standard InChI is InChI=1S/C12H14BrN5O/c1-7-3-4-8(13)9(5-7)17-11-10(19-2)12(18-14)16-6-15-11/h3-6H,14H2,1-2H3,(H2,15,16,17,18). The van der Waals surface area contributed by atoms with Crippen LogP contribution in [0.4, 0.5) is 17.3 Å². The zero-order valence-electron chi connectivity index (χ0n) is 10.6. The number of nitrogens with two attached hydrogens (primary N) is 1. The number of halogens is 1. The summed E-state index contributed by atoms with van der Waals surface area (Å²) in [5.41, 5.74) is 4.49. The summed E-state index contributed by atoms with van der Waals surface area (Å²) in [7, 11) is 1.54. The fraction of sp³-hybridized carbons (Fsp3) is 0.167. The largest absolute Gasteiger partial charge is 0.490 e. The van der Waals surface area contributed by atoms with Crippen LogP contribution in [-0.4, -0.2) is 17.1 Å². The summed E-state index contributed by atoms with van der Waals surface area (Å²) >= 11 is 3.48. The van der Waals surface area contributed by atoms with Gasteiger partial charge < -0.3 is 15.5 Å². The van der Waals surface area contributed by atoms with Gasteiger partial charge in [-0.3, -0.25) is 0 Å². The molecule has 0 aliphatic heterocycles. The second kappa shape index (κ2) is 5.85. The molecule has 4 N–H and O–H groups in total. The summed E-state index contributed by atoms with van der Waals surface area (Å²) in [6, 6.07) is 5.98. The van der Waals surface area contributed by atoms with Crippen LogP contribution in [0.2, 0.25) is 0 Å². The molecule has 0 unspecified atom stereocenters. The van der Waals surface area contributed by atoms with Gasteiger partial charge in [0.15, 0.2) is 11.6 Å². The van der Waals surface area contributed by atoms with Gasteiger partial charge in [-0.25, -0.2) is 15.8 Å². The minimum absolute atomic E-state index is 0.420. The normalized spacial score (nSPS) is 10.1. The van der Waals surface area contributed by atoms with Crippen molar-refractivity contribution in [1.29, 1.82) is 0 Å². The monoisotopic (exact) mass is 323 g/mol. The number of benzene rings is 1. The molecular weight excluding hydrogens is 310 g/mol. The van der Waals surface area contributed by atoms with Crippen LogP contribution in [0.25, 0.3) is 0 Å². The van der Waals surface area contributed by atoms with Crippen molar-refractivity contribution in [2.75, 3.05) is 17.9 Å². The maximum absolute atomic E-state index is 5.39. The van der Waals surface area contributed by atoms with Gasteiger partial charge >= 0.3 is 0 Å². The lowest BCUT2D eigenvalue weighted by molar-refractivity contribution is 0.415. The molecular formula is C12H14BrN5O. The van der Waals surface area contributed by atoms with Gasteiger partial charge in [0.1, 0.15) is 6.33 Å². The van der Waals surface area contributed by atoms with E-state index in [1.54, 1.807) is 0 Å². The van der Waals surface area contributed by atoms with Crippen LogP contribution in [0.1, 0.15) is 5.56 Å². The van der Waals surface area contributed by atoms with Crippen LogP contribution in [0.15, 0.2) is 29.0 Å². The molecule has 6 nitrogen and oxygen atoms in total. The topological polar surface area (TPSA) is 85.1 Å². The summed E-state index contributed by atoms with van der Waals surface area (Å²) in [4.78, 5) is 8.15. The first-order valence-corrected chi connectivity index (χ1v) is 6.33. The maximum atomic E-state index is 5.39. The molecule has 0 amide bonds. The molecule has 2 rings (SSSR count). The second-order valence-corrected chi connectivity index (χ2v) is 4.71. The number of hydrogen-bond donors (Lipinski definition) is 3. The number of aromatic nitrogens is 2. The minimum Gasteiger partial charge on any atom is -0.490 e. The van der Waals surface area contributed by atoms with Crippen LogP contribution in [0, 0.1) is 6.92 Å². The highest BCUT2D eigenvalue weighted by molar-refractivity contribution is 9.10. The van der Waals surface area contributed by atoms with Crippen LogP contribution in [-0.2, 0) is 0 Å². The maximum Gasteiger partial charge on any atom is 0.205 e. The molecule has 0 saturated carbocycles.